The van der Waals surface area contributed by atoms with E-state index in [2.05, 4.69) is 41.9 Å². The molecule has 2 N–H and O–H groups in total. The minimum atomic E-state index is 0.0962. The lowest BCUT2D eigenvalue weighted by Crippen LogP contribution is -2.33. The lowest BCUT2D eigenvalue weighted by molar-refractivity contribution is 0.495. The number of thiophene rings is 2. The van der Waals surface area contributed by atoms with Crippen LogP contribution in [0.4, 0.5) is 0 Å². The zero-order valence-electron chi connectivity index (χ0n) is 8.77. The quantitative estimate of drug-likeness (QED) is 0.868. The molecule has 0 spiro atoms. The van der Waals surface area contributed by atoms with E-state index in [-0.39, 0.29) is 5.41 Å². The fraction of sp³-hybridized carbons (Fsp3) is 0.333. The highest BCUT2D eigenvalue weighted by molar-refractivity contribution is 7.10. The molecule has 2 aromatic rings. The lowest BCUT2D eigenvalue weighted by Gasteiger charge is -2.26. The topological polar surface area (TPSA) is 26.0 Å². The van der Waals surface area contributed by atoms with Gasteiger partial charge in [0.15, 0.2) is 0 Å². The highest BCUT2D eigenvalue weighted by Crippen LogP contribution is 2.31. The van der Waals surface area contributed by atoms with Crippen LogP contribution in [-0.4, -0.2) is 6.54 Å². The van der Waals surface area contributed by atoms with Crippen LogP contribution in [0.1, 0.15) is 16.7 Å². The molecule has 15 heavy (non-hydrogen) atoms. The van der Waals surface area contributed by atoms with Gasteiger partial charge in [0.05, 0.1) is 0 Å². The van der Waals surface area contributed by atoms with Crippen molar-refractivity contribution >= 4 is 22.7 Å². The Morgan fingerprint density at radius 1 is 1.20 bits per heavy atom. The Morgan fingerprint density at radius 2 is 1.93 bits per heavy atom. The summed E-state index contributed by atoms with van der Waals surface area (Å²) in [6.45, 7) is 2.95. The van der Waals surface area contributed by atoms with Crippen molar-refractivity contribution in [2.75, 3.05) is 6.54 Å². The molecule has 0 bridgehead atoms. The van der Waals surface area contributed by atoms with Crippen LogP contribution in [0.15, 0.2) is 35.0 Å². The van der Waals surface area contributed by atoms with Gasteiger partial charge in [0.2, 0.25) is 0 Å². The molecule has 1 atom stereocenters. The second-order valence-electron chi connectivity index (χ2n) is 4.00. The molecule has 0 radical (unpaired) electrons. The molecule has 2 aromatic heterocycles. The van der Waals surface area contributed by atoms with Gasteiger partial charge < -0.3 is 5.73 Å². The number of hydrogen-bond acceptors (Lipinski definition) is 3. The van der Waals surface area contributed by atoms with Crippen molar-refractivity contribution in [1.82, 2.24) is 0 Å². The van der Waals surface area contributed by atoms with E-state index < -0.39 is 0 Å². The summed E-state index contributed by atoms with van der Waals surface area (Å²) in [5.74, 6) is 0. The van der Waals surface area contributed by atoms with Crippen molar-refractivity contribution in [2.45, 2.75) is 18.8 Å². The van der Waals surface area contributed by atoms with Crippen molar-refractivity contribution < 1.29 is 0 Å². The molecule has 3 heteroatoms. The summed E-state index contributed by atoms with van der Waals surface area (Å²) in [6, 6.07) is 8.57. The van der Waals surface area contributed by atoms with E-state index in [4.69, 9.17) is 5.73 Å². The van der Waals surface area contributed by atoms with E-state index in [1.807, 2.05) is 11.3 Å². The predicted octanol–water partition coefficient (Wildman–Crippen LogP) is 3.27. The third-order valence-electron chi connectivity index (χ3n) is 2.71. The first-order valence-corrected chi connectivity index (χ1v) is 6.77. The fourth-order valence-corrected chi connectivity index (χ4v) is 3.47. The van der Waals surface area contributed by atoms with Gasteiger partial charge in [-0.3, -0.25) is 0 Å². The van der Waals surface area contributed by atoms with E-state index >= 15 is 0 Å². The summed E-state index contributed by atoms with van der Waals surface area (Å²) in [5.41, 5.74) is 6.02. The Labute approximate surface area is 98.6 Å². The summed E-state index contributed by atoms with van der Waals surface area (Å²) in [6.07, 6.45) is 1.04. The monoisotopic (exact) mass is 237 g/mol. The van der Waals surface area contributed by atoms with Crippen LogP contribution in [0.2, 0.25) is 0 Å². The molecule has 0 saturated heterocycles. The second kappa shape index (κ2) is 4.47. The third kappa shape index (κ3) is 2.30. The maximum atomic E-state index is 5.93. The molecule has 0 aliphatic carbocycles. The molecule has 0 saturated carbocycles. The Kier molecular flexibility index (Phi) is 3.24. The van der Waals surface area contributed by atoms with E-state index in [9.17, 15) is 0 Å². The van der Waals surface area contributed by atoms with E-state index in [1.54, 1.807) is 11.3 Å². The number of hydrogen-bond donors (Lipinski definition) is 1. The van der Waals surface area contributed by atoms with Crippen molar-refractivity contribution in [3.8, 4) is 0 Å². The van der Waals surface area contributed by atoms with E-state index in [0.29, 0.717) is 6.54 Å². The Bertz CT molecular complexity index is 391. The SMILES string of the molecule is CC(CN)(Cc1cccs1)c1cccs1. The molecule has 0 aromatic carbocycles. The Balaban J connectivity index is 2.22. The van der Waals surface area contributed by atoms with Crippen LogP contribution in [0, 0.1) is 0 Å². The van der Waals surface area contributed by atoms with Gasteiger partial charge >= 0.3 is 0 Å². The van der Waals surface area contributed by atoms with Crippen molar-refractivity contribution in [3.63, 3.8) is 0 Å². The summed E-state index contributed by atoms with van der Waals surface area (Å²) < 4.78 is 0. The van der Waals surface area contributed by atoms with E-state index in [0.717, 1.165) is 6.42 Å². The molecular weight excluding hydrogens is 222 g/mol. The maximum absolute atomic E-state index is 5.93. The summed E-state index contributed by atoms with van der Waals surface area (Å²) in [5, 5.41) is 4.25. The minimum Gasteiger partial charge on any atom is -0.330 e. The molecule has 0 amide bonds. The number of nitrogens with two attached hydrogens (primary N) is 1. The molecule has 2 heterocycles. The van der Waals surface area contributed by atoms with E-state index in [1.165, 1.54) is 9.75 Å². The zero-order chi connectivity index (χ0) is 10.7. The van der Waals surface area contributed by atoms with Gasteiger partial charge in [-0.05, 0) is 29.3 Å². The van der Waals surface area contributed by atoms with Gasteiger partial charge in [0.1, 0.15) is 0 Å². The average molecular weight is 237 g/mol. The molecule has 0 aliphatic heterocycles. The highest BCUT2D eigenvalue weighted by atomic mass is 32.1. The zero-order valence-corrected chi connectivity index (χ0v) is 10.4. The fourth-order valence-electron chi connectivity index (χ4n) is 1.68. The van der Waals surface area contributed by atoms with Crippen molar-refractivity contribution in [2.24, 2.45) is 5.73 Å². The molecule has 0 fully saturated rings. The van der Waals surface area contributed by atoms with Gasteiger partial charge in [-0.15, -0.1) is 22.7 Å². The van der Waals surface area contributed by atoms with Gasteiger partial charge in [0, 0.05) is 21.7 Å². The van der Waals surface area contributed by atoms with Gasteiger partial charge in [-0.25, -0.2) is 0 Å². The molecular formula is C12H15NS2. The Morgan fingerprint density at radius 3 is 2.47 bits per heavy atom. The lowest BCUT2D eigenvalue weighted by atomic mass is 9.84. The second-order valence-corrected chi connectivity index (χ2v) is 5.98. The van der Waals surface area contributed by atoms with Crippen LogP contribution in [0.5, 0.6) is 0 Å². The highest BCUT2D eigenvalue weighted by Gasteiger charge is 2.26. The minimum absolute atomic E-state index is 0.0962. The first-order chi connectivity index (χ1) is 7.24. The van der Waals surface area contributed by atoms with Crippen molar-refractivity contribution in [3.05, 3.63) is 44.8 Å². The smallest absolute Gasteiger partial charge is 0.0189 e. The molecule has 0 aliphatic rings. The predicted molar refractivity (Wildman–Crippen MR) is 68.7 cm³/mol. The molecule has 2 rings (SSSR count). The Hall–Kier alpha value is -0.640. The van der Waals surface area contributed by atoms with Gasteiger partial charge in [0.25, 0.3) is 0 Å². The summed E-state index contributed by atoms with van der Waals surface area (Å²) >= 11 is 3.61. The first kappa shape index (κ1) is 10.9. The number of rotatable bonds is 4. The van der Waals surface area contributed by atoms with Crippen LogP contribution in [0.25, 0.3) is 0 Å². The maximum Gasteiger partial charge on any atom is 0.0189 e. The van der Waals surface area contributed by atoms with Crippen LogP contribution >= 0.6 is 22.7 Å². The van der Waals surface area contributed by atoms with Crippen LogP contribution in [-0.2, 0) is 11.8 Å². The van der Waals surface area contributed by atoms with Crippen LogP contribution in [0.3, 0.4) is 0 Å². The third-order valence-corrected chi connectivity index (χ3v) is 4.76. The first-order valence-electron chi connectivity index (χ1n) is 5.01. The molecule has 1 nitrogen and oxygen atoms in total. The normalized spacial score (nSPS) is 15.1. The van der Waals surface area contributed by atoms with Gasteiger partial charge in [-0.1, -0.05) is 19.1 Å². The molecule has 1 unspecified atom stereocenters. The van der Waals surface area contributed by atoms with Crippen molar-refractivity contribution in [1.29, 1.82) is 0 Å². The standard InChI is InChI=1S/C12H15NS2/c1-12(9-13,11-5-3-7-15-11)8-10-4-2-6-14-10/h2-7H,8-9,13H2,1H3. The average Bonchev–Trinajstić information content (AvgIpc) is 2.89. The summed E-state index contributed by atoms with van der Waals surface area (Å²) in [7, 11) is 0. The van der Waals surface area contributed by atoms with Crippen LogP contribution < -0.4 is 5.73 Å². The summed E-state index contributed by atoms with van der Waals surface area (Å²) in [4.78, 5) is 2.80. The molecule has 80 valence electrons. The van der Waals surface area contributed by atoms with Gasteiger partial charge in [-0.2, -0.15) is 0 Å². The largest absolute Gasteiger partial charge is 0.330 e.